The third-order valence-electron chi connectivity index (χ3n) is 2.06. The number of nitrogens with zero attached hydrogens (tertiary/aromatic N) is 1. The van der Waals surface area contributed by atoms with Gasteiger partial charge in [0.1, 0.15) is 6.04 Å². The summed E-state index contributed by atoms with van der Waals surface area (Å²) in [6.07, 6.45) is 0. The Morgan fingerprint density at radius 2 is 2.06 bits per heavy atom. The lowest BCUT2D eigenvalue weighted by Gasteiger charge is -2.06. The first kappa shape index (κ1) is 12.2. The summed E-state index contributed by atoms with van der Waals surface area (Å²) in [7, 11) is 0. The summed E-state index contributed by atoms with van der Waals surface area (Å²) in [5.74, 6) is -1.50. The van der Waals surface area contributed by atoms with Crippen LogP contribution in [0.5, 0.6) is 0 Å². The number of hydrogen-bond donors (Lipinski definition) is 2. The van der Waals surface area contributed by atoms with Gasteiger partial charge in [-0.1, -0.05) is 19.0 Å². The predicted octanol–water partition coefficient (Wildman–Crippen LogP) is 1.00. The van der Waals surface area contributed by atoms with Gasteiger partial charge in [0.2, 0.25) is 5.76 Å². The summed E-state index contributed by atoms with van der Waals surface area (Å²) < 4.78 is 4.81. The molecular weight excluding hydrogens is 212 g/mol. The molecule has 1 aromatic heterocycles. The summed E-state index contributed by atoms with van der Waals surface area (Å²) in [4.78, 5) is 22.0. The third-order valence-corrected chi connectivity index (χ3v) is 2.06. The van der Waals surface area contributed by atoms with E-state index in [4.69, 9.17) is 9.63 Å². The van der Waals surface area contributed by atoms with Gasteiger partial charge in [-0.3, -0.25) is 9.59 Å². The number of carboxylic acid groups (broad SMARTS) is 1. The number of amides is 1. The van der Waals surface area contributed by atoms with Crippen LogP contribution >= 0.6 is 0 Å². The van der Waals surface area contributed by atoms with Crippen molar-refractivity contribution < 1.29 is 19.2 Å². The molecule has 0 aliphatic heterocycles. The second-order valence-corrected chi connectivity index (χ2v) is 3.80. The number of rotatable bonds is 4. The molecule has 6 heteroatoms. The molecule has 1 heterocycles. The van der Waals surface area contributed by atoms with Gasteiger partial charge < -0.3 is 14.9 Å². The number of hydrogen-bond acceptors (Lipinski definition) is 4. The van der Waals surface area contributed by atoms with Crippen LogP contribution in [0, 0.1) is 0 Å². The zero-order chi connectivity index (χ0) is 12.3. The van der Waals surface area contributed by atoms with Crippen LogP contribution in [0.4, 0.5) is 0 Å². The van der Waals surface area contributed by atoms with Crippen molar-refractivity contribution in [1.29, 1.82) is 0 Å². The normalized spacial score (nSPS) is 12.5. The molecule has 0 fully saturated rings. The fourth-order valence-electron chi connectivity index (χ4n) is 0.997. The lowest BCUT2D eigenvalue weighted by molar-refractivity contribution is -0.138. The van der Waals surface area contributed by atoms with E-state index in [1.807, 2.05) is 13.8 Å². The Bertz CT molecular complexity index is 397. The van der Waals surface area contributed by atoms with E-state index in [-0.39, 0.29) is 11.7 Å². The van der Waals surface area contributed by atoms with Crippen LogP contribution in [0.3, 0.4) is 0 Å². The molecule has 0 saturated carbocycles. The number of carbonyl (C=O) groups is 2. The third kappa shape index (κ3) is 2.82. The van der Waals surface area contributed by atoms with Crippen LogP contribution in [0.25, 0.3) is 0 Å². The van der Waals surface area contributed by atoms with Gasteiger partial charge in [-0.25, -0.2) is 0 Å². The SMILES string of the molecule is CC(C)c1cc(C(=O)N[C@@H](C)C(=O)O)on1. The molecule has 0 aliphatic rings. The predicted molar refractivity (Wildman–Crippen MR) is 55.2 cm³/mol. The van der Waals surface area contributed by atoms with Gasteiger partial charge in [0.15, 0.2) is 0 Å². The number of aromatic nitrogens is 1. The topological polar surface area (TPSA) is 92.4 Å². The second kappa shape index (κ2) is 4.78. The van der Waals surface area contributed by atoms with E-state index in [0.717, 1.165) is 0 Å². The van der Waals surface area contributed by atoms with Crippen LogP contribution < -0.4 is 5.32 Å². The number of carbonyl (C=O) groups excluding carboxylic acids is 1. The van der Waals surface area contributed by atoms with Gasteiger partial charge >= 0.3 is 5.97 Å². The molecule has 0 aliphatic carbocycles. The first-order chi connectivity index (χ1) is 7.41. The quantitative estimate of drug-likeness (QED) is 0.799. The van der Waals surface area contributed by atoms with Crippen molar-refractivity contribution in [3.63, 3.8) is 0 Å². The highest BCUT2D eigenvalue weighted by Gasteiger charge is 2.19. The summed E-state index contributed by atoms with van der Waals surface area (Å²) in [6, 6.07) is 0.550. The monoisotopic (exact) mass is 226 g/mol. The highest BCUT2D eigenvalue weighted by Crippen LogP contribution is 2.13. The molecule has 6 nitrogen and oxygen atoms in total. The Kier molecular flexibility index (Phi) is 3.65. The molecule has 0 aromatic carbocycles. The van der Waals surface area contributed by atoms with Crippen LogP contribution in [-0.4, -0.2) is 28.2 Å². The van der Waals surface area contributed by atoms with E-state index >= 15 is 0 Å². The molecule has 1 rings (SSSR count). The smallest absolute Gasteiger partial charge is 0.325 e. The van der Waals surface area contributed by atoms with Crippen LogP contribution in [-0.2, 0) is 4.79 Å². The number of carboxylic acids is 1. The molecule has 2 N–H and O–H groups in total. The van der Waals surface area contributed by atoms with Crippen molar-refractivity contribution in [2.75, 3.05) is 0 Å². The van der Waals surface area contributed by atoms with E-state index < -0.39 is 17.9 Å². The van der Waals surface area contributed by atoms with E-state index in [2.05, 4.69) is 10.5 Å². The first-order valence-electron chi connectivity index (χ1n) is 4.92. The van der Waals surface area contributed by atoms with Crippen LogP contribution in [0.15, 0.2) is 10.6 Å². The first-order valence-corrected chi connectivity index (χ1v) is 4.92. The molecule has 16 heavy (non-hydrogen) atoms. The molecule has 0 radical (unpaired) electrons. The van der Waals surface area contributed by atoms with Gasteiger partial charge in [-0.05, 0) is 12.8 Å². The van der Waals surface area contributed by atoms with Gasteiger partial charge in [0.05, 0.1) is 5.69 Å². The average Bonchev–Trinajstić information content (AvgIpc) is 2.65. The minimum atomic E-state index is -1.10. The Hall–Kier alpha value is -1.85. The van der Waals surface area contributed by atoms with Crippen molar-refractivity contribution in [2.45, 2.75) is 32.7 Å². The summed E-state index contributed by atoms with van der Waals surface area (Å²) >= 11 is 0. The fourth-order valence-corrected chi connectivity index (χ4v) is 0.997. The lowest BCUT2D eigenvalue weighted by Crippen LogP contribution is -2.38. The largest absolute Gasteiger partial charge is 0.480 e. The van der Waals surface area contributed by atoms with Gasteiger partial charge in [-0.15, -0.1) is 0 Å². The maximum absolute atomic E-state index is 11.5. The van der Waals surface area contributed by atoms with Crippen molar-refractivity contribution in [3.8, 4) is 0 Å². The van der Waals surface area contributed by atoms with Crippen LogP contribution in [0.2, 0.25) is 0 Å². The maximum atomic E-state index is 11.5. The van der Waals surface area contributed by atoms with E-state index in [1.165, 1.54) is 13.0 Å². The molecule has 1 amide bonds. The number of aliphatic carboxylic acids is 1. The molecule has 88 valence electrons. The standard InChI is InChI=1S/C10H14N2O4/c1-5(2)7-4-8(16-12-7)9(13)11-6(3)10(14)15/h4-6H,1-3H3,(H,11,13)(H,14,15)/t6-/m0/s1. The van der Waals surface area contributed by atoms with Crippen molar-refractivity contribution >= 4 is 11.9 Å². The van der Waals surface area contributed by atoms with Crippen LogP contribution in [0.1, 0.15) is 42.9 Å². The van der Waals surface area contributed by atoms with E-state index in [9.17, 15) is 9.59 Å². The molecule has 0 bridgehead atoms. The molecule has 1 aromatic rings. The highest BCUT2D eigenvalue weighted by molar-refractivity contribution is 5.94. The average molecular weight is 226 g/mol. The van der Waals surface area contributed by atoms with Crippen molar-refractivity contribution in [1.82, 2.24) is 10.5 Å². The fraction of sp³-hybridized carbons (Fsp3) is 0.500. The Labute approximate surface area is 92.6 Å². The van der Waals surface area contributed by atoms with Gasteiger partial charge in [-0.2, -0.15) is 0 Å². The number of nitrogens with one attached hydrogen (secondary N) is 1. The molecular formula is C10H14N2O4. The lowest BCUT2D eigenvalue weighted by atomic mass is 10.1. The summed E-state index contributed by atoms with van der Waals surface area (Å²) in [5, 5.41) is 14.6. The van der Waals surface area contributed by atoms with Gasteiger partial charge in [0.25, 0.3) is 5.91 Å². The molecule has 0 spiro atoms. The minimum Gasteiger partial charge on any atom is -0.480 e. The summed E-state index contributed by atoms with van der Waals surface area (Å²) in [5.41, 5.74) is 0.660. The van der Waals surface area contributed by atoms with Gasteiger partial charge in [0, 0.05) is 6.07 Å². The Morgan fingerprint density at radius 3 is 2.50 bits per heavy atom. The zero-order valence-corrected chi connectivity index (χ0v) is 9.35. The van der Waals surface area contributed by atoms with Crippen molar-refractivity contribution in [2.24, 2.45) is 0 Å². The highest BCUT2D eigenvalue weighted by atomic mass is 16.5. The zero-order valence-electron chi connectivity index (χ0n) is 9.35. The Morgan fingerprint density at radius 1 is 1.44 bits per heavy atom. The molecule has 0 unspecified atom stereocenters. The van der Waals surface area contributed by atoms with E-state index in [1.54, 1.807) is 0 Å². The van der Waals surface area contributed by atoms with Crippen molar-refractivity contribution in [3.05, 3.63) is 17.5 Å². The molecule has 0 saturated heterocycles. The maximum Gasteiger partial charge on any atom is 0.325 e. The summed E-state index contributed by atoms with van der Waals surface area (Å²) in [6.45, 7) is 5.21. The Balaban J connectivity index is 2.70. The second-order valence-electron chi connectivity index (χ2n) is 3.80. The molecule has 1 atom stereocenters. The van der Waals surface area contributed by atoms with E-state index in [0.29, 0.717) is 5.69 Å². The minimum absolute atomic E-state index is 0.0248.